The number of rotatable bonds is 3. The van der Waals surface area contributed by atoms with Crippen molar-refractivity contribution in [3.8, 4) is 4.90 Å². The van der Waals surface area contributed by atoms with Gasteiger partial charge in [0.15, 0.2) is 0 Å². The quantitative estimate of drug-likeness (QED) is 0.510. The van der Waals surface area contributed by atoms with Crippen LogP contribution < -0.4 is 13.2 Å². The van der Waals surface area contributed by atoms with E-state index in [-0.39, 0.29) is 0 Å². The SMILES string of the molecule is Cc1cc(C)[c]([Ge]([C]#N)([c]2c(C)cc(C)cc2C)[c]2c(C)cc(C)cc2C)c(C)c1. The Morgan fingerprint density at radius 2 is 0.667 bits per heavy atom. The van der Waals surface area contributed by atoms with E-state index in [0.717, 1.165) is 0 Å². The molecule has 0 unspecified atom stereocenters. The van der Waals surface area contributed by atoms with E-state index in [4.69, 9.17) is 0 Å². The van der Waals surface area contributed by atoms with Gasteiger partial charge in [-0.1, -0.05) is 0 Å². The van der Waals surface area contributed by atoms with Crippen LogP contribution in [-0.2, 0) is 0 Å². The van der Waals surface area contributed by atoms with Crippen LogP contribution in [0.2, 0.25) is 0 Å². The van der Waals surface area contributed by atoms with Crippen LogP contribution in [0.1, 0.15) is 50.1 Å². The molecule has 0 spiro atoms. The predicted octanol–water partition coefficient (Wildman–Crippen LogP) is 5.00. The summed E-state index contributed by atoms with van der Waals surface area (Å²) in [6.07, 6.45) is 0. The first-order chi connectivity index (χ1) is 14.0. The number of nitriles is 1. The third kappa shape index (κ3) is 3.52. The second-order valence-corrected chi connectivity index (χ2v) is 15.9. The molecule has 0 heterocycles. The molecule has 1 nitrogen and oxygen atoms in total. The summed E-state index contributed by atoms with van der Waals surface area (Å²) in [6, 6.07) is 13.6. The minimum absolute atomic E-state index is 1.26. The van der Waals surface area contributed by atoms with Crippen molar-refractivity contribution in [2.75, 3.05) is 0 Å². The van der Waals surface area contributed by atoms with Gasteiger partial charge in [0.05, 0.1) is 0 Å². The van der Waals surface area contributed by atoms with Crippen molar-refractivity contribution in [1.82, 2.24) is 0 Å². The van der Waals surface area contributed by atoms with Gasteiger partial charge in [-0.05, 0) is 0 Å². The van der Waals surface area contributed by atoms with Crippen LogP contribution in [0.15, 0.2) is 36.4 Å². The molecule has 3 rings (SSSR count). The standard InChI is InChI=1S/C28H33GeN/c1-17-10-20(4)26(21(5)11-17)29(16-30,27-22(6)12-18(2)13-23(27)7)28-24(8)14-19(3)15-25(28)9/h10-15H,1-9H3. The van der Waals surface area contributed by atoms with Gasteiger partial charge in [-0.3, -0.25) is 0 Å². The van der Waals surface area contributed by atoms with Gasteiger partial charge >= 0.3 is 185 Å². The van der Waals surface area contributed by atoms with E-state index in [9.17, 15) is 5.26 Å². The normalized spacial score (nSPS) is 11.5. The molecule has 3 aromatic carbocycles. The summed E-state index contributed by atoms with van der Waals surface area (Å²) in [5, 5.41) is 11.1. The maximum atomic E-state index is 11.1. The van der Waals surface area contributed by atoms with Crippen LogP contribution in [0.4, 0.5) is 0 Å². The number of hydrogen-bond donors (Lipinski definition) is 0. The average Bonchev–Trinajstić information content (AvgIpc) is 2.58. The Morgan fingerprint density at radius 3 is 0.833 bits per heavy atom. The van der Waals surface area contributed by atoms with Crippen LogP contribution in [0.3, 0.4) is 0 Å². The molecule has 0 aliphatic heterocycles. The van der Waals surface area contributed by atoms with Crippen molar-refractivity contribution in [3.05, 3.63) is 86.5 Å². The van der Waals surface area contributed by atoms with E-state index in [1.165, 1.54) is 63.3 Å². The van der Waals surface area contributed by atoms with Gasteiger partial charge in [0, 0.05) is 0 Å². The molecular weight excluding hydrogens is 423 g/mol. The van der Waals surface area contributed by atoms with E-state index >= 15 is 0 Å². The Bertz CT molecular complexity index is 985. The van der Waals surface area contributed by atoms with Crippen molar-refractivity contribution in [1.29, 1.82) is 5.26 Å². The first-order valence-corrected chi connectivity index (χ1v) is 14.9. The van der Waals surface area contributed by atoms with Crippen LogP contribution in [0, 0.1) is 72.5 Å². The molecule has 0 radical (unpaired) electrons. The zero-order valence-corrected chi connectivity index (χ0v) is 22.0. The van der Waals surface area contributed by atoms with Crippen LogP contribution in [0.25, 0.3) is 0 Å². The minimum atomic E-state index is -3.65. The van der Waals surface area contributed by atoms with Crippen molar-refractivity contribution in [2.45, 2.75) is 62.3 Å². The average molecular weight is 456 g/mol. The summed E-state index contributed by atoms with van der Waals surface area (Å²) >= 11 is -3.65. The summed E-state index contributed by atoms with van der Waals surface area (Å²) in [4.78, 5) is 3.06. The molecule has 0 aliphatic carbocycles. The van der Waals surface area contributed by atoms with Crippen molar-refractivity contribution >= 4 is 26.5 Å². The third-order valence-corrected chi connectivity index (χ3v) is 16.7. The fourth-order valence-corrected chi connectivity index (χ4v) is 16.5. The van der Waals surface area contributed by atoms with Crippen molar-refractivity contribution in [2.24, 2.45) is 0 Å². The monoisotopic (exact) mass is 457 g/mol. The second kappa shape index (κ2) is 8.08. The van der Waals surface area contributed by atoms with Crippen molar-refractivity contribution in [3.63, 3.8) is 0 Å². The van der Waals surface area contributed by atoms with E-state index in [0.29, 0.717) is 0 Å². The first kappa shape index (κ1) is 22.4. The van der Waals surface area contributed by atoms with E-state index in [2.05, 4.69) is 104 Å². The number of benzene rings is 3. The molecule has 0 bridgehead atoms. The predicted molar refractivity (Wildman–Crippen MR) is 132 cm³/mol. The second-order valence-electron chi connectivity index (χ2n) is 9.18. The molecule has 0 fully saturated rings. The van der Waals surface area contributed by atoms with E-state index < -0.39 is 13.3 Å². The topological polar surface area (TPSA) is 23.8 Å². The van der Waals surface area contributed by atoms with Gasteiger partial charge in [-0.25, -0.2) is 0 Å². The number of aryl methyl sites for hydroxylation is 9. The van der Waals surface area contributed by atoms with E-state index in [1.807, 2.05) is 0 Å². The molecule has 2 heteroatoms. The first-order valence-electron chi connectivity index (χ1n) is 10.7. The molecule has 0 amide bonds. The van der Waals surface area contributed by atoms with Gasteiger partial charge in [-0.15, -0.1) is 0 Å². The Balaban J connectivity index is 2.63. The molecule has 0 aromatic heterocycles. The fraction of sp³-hybridized carbons (Fsp3) is 0.321. The summed E-state index contributed by atoms with van der Waals surface area (Å²) < 4.78 is 3.94. The van der Waals surface area contributed by atoms with Gasteiger partial charge in [-0.2, -0.15) is 0 Å². The Hall–Kier alpha value is -2.31. The van der Waals surface area contributed by atoms with Gasteiger partial charge in [0.1, 0.15) is 0 Å². The fourth-order valence-electron chi connectivity index (χ4n) is 5.86. The van der Waals surface area contributed by atoms with Crippen LogP contribution >= 0.6 is 0 Å². The van der Waals surface area contributed by atoms with E-state index in [1.54, 1.807) is 0 Å². The molecule has 0 saturated carbocycles. The summed E-state index contributed by atoms with van der Waals surface area (Å²) in [5.41, 5.74) is 11.3. The zero-order valence-electron chi connectivity index (χ0n) is 19.9. The Morgan fingerprint density at radius 1 is 0.467 bits per heavy atom. The molecule has 0 saturated heterocycles. The summed E-state index contributed by atoms with van der Waals surface area (Å²) in [7, 11) is 0. The molecule has 0 aliphatic rings. The number of hydrogen-bond acceptors (Lipinski definition) is 1. The van der Waals surface area contributed by atoms with Crippen LogP contribution in [0.5, 0.6) is 0 Å². The molecule has 0 N–H and O–H groups in total. The van der Waals surface area contributed by atoms with Gasteiger partial charge < -0.3 is 0 Å². The molecule has 3 aromatic rings. The van der Waals surface area contributed by atoms with Gasteiger partial charge in [0.25, 0.3) is 0 Å². The maximum absolute atomic E-state index is 11.1. The summed E-state index contributed by atoms with van der Waals surface area (Å²) in [6.45, 7) is 19.6. The summed E-state index contributed by atoms with van der Waals surface area (Å²) in [5.74, 6) is 0. The zero-order chi connectivity index (χ0) is 22.4. The van der Waals surface area contributed by atoms with Crippen LogP contribution in [-0.4, -0.2) is 13.3 Å². The molecule has 0 atom stereocenters. The Labute approximate surface area is 185 Å². The molecule has 154 valence electrons. The Kier molecular flexibility index (Phi) is 6.03. The third-order valence-electron chi connectivity index (χ3n) is 6.32. The number of nitrogens with zero attached hydrogens (tertiary/aromatic N) is 1. The molecular formula is C28H33GeN. The van der Waals surface area contributed by atoms with Crippen molar-refractivity contribution < 1.29 is 0 Å². The molecule has 30 heavy (non-hydrogen) atoms. The van der Waals surface area contributed by atoms with Gasteiger partial charge in [0.2, 0.25) is 0 Å².